The van der Waals surface area contributed by atoms with Crippen molar-refractivity contribution >= 4 is 0 Å². The summed E-state index contributed by atoms with van der Waals surface area (Å²) < 4.78 is 7.34. The highest BCUT2D eigenvalue weighted by atomic mass is 16.5. The number of aryl methyl sites for hydroxylation is 1. The molecule has 0 aromatic carbocycles. The maximum absolute atomic E-state index is 5.51. The monoisotopic (exact) mass is 195 g/mol. The fourth-order valence-electron chi connectivity index (χ4n) is 1.75. The van der Waals surface area contributed by atoms with E-state index < -0.39 is 0 Å². The Bertz CT molecular complexity index is 279. The molecule has 1 atom stereocenters. The van der Waals surface area contributed by atoms with Crippen LogP contribution < -0.4 is 5.32 Å². The normalized spacial score (nSPS) is 21.6. The van der Waals surface area contributed by atoms with E-state index in [1.165, 1.54) is 18.4 Å². The van der Waals surface area contributed by atoms with Gasteiger partial charge in [0.2, 0.25) is 0 Å². The van der Waals surface area contributed by atoms with Gasteiger partial charge in [0, 0.05) is 38.5 Å². The van der Waals surface area contributed by atoms with Crippen LogP contribution in [-0.2, 0) is 18.3 Å². The molecule has 1 aromatic rings. The highest BCUT2D eigenvalue weighted by molar-refractivity contribution is 5.02. The van der Waals surface area contributed by atoms with Crippen molar-refractivity contribution in [3.63, 3.8) is 0 Å². The average Bonchev–Trinajstić information content (AvgIpc) is 2.77. The lowest BCUT2D eigenvalue weighted by atomic mass is 10.2. The first-order valence-corrected chi connectivity index (χ1v) is 5.14. The number of hydrogen-bond donors (Lipinski definition) is 1. The first-order chi connectivity index (χ1) is 6.84. The Balaban J connectivity index is 1.67. The van der Waals surface area contributed by atoms with Gasteiger partial charge in [-0.05, 0) is 12.8 Å². The van der Waals surface area contributed by atoms with Crippen molar-refractivity contribution in [3.05, 3.63) is 18.0 Å². The predicted molar refractivity (Wildman–Crippen MR) is 53.9 cm³/mol. The Hall–Kier alpha value is -0.870. The zero-order valence-corrected chi connectivity index (χ0v) is 8.57. The summed E-state index contributed by atoms with van der Waals surface area (Å²) in [5, 5.41) is 7.49. The van der Waals surface area contributed by atoms with Crippen LogP contribution in [0.25, 0.3) is 0 Å². The third kappa shape index (κ3) is 2.56. The number of nitrogens with zero attached hydrogens (tertiary/aromatic N) is 2. The van der Waals surface area contributed by atoms with Crippen molar-refractivity contribution < 1.29 is 4.74 Å². The van der Waals surface area contributed by atoms with Crippen molar-refractivity contribution in [2.75, 3.05) is 13.2 Å². The third-order valence-corrected chi connectivity index (χ3v) is 2.48. The summed E-state index contributed by atoms with van der Waals surface area (Å²) in [7, 11) is 1.93. The van der Waals surface area contributed by atoms with E-state index in [0.29, 0.717) is 6.10 Å². The summed E-state index contributed by atoms with van der Waals surface area (Å²) in [4.78, 5) is 0. The van der Waals surface area contributed by atoms with Gasteiger partial charge in [-0.15, -0.1) is 0 Å². The van der Waals surface area contributed by atoms with Crippen molar-refractivity contribution in [1.29, 1.82) is 0 Å². The molecule has 1 aliphatic rings. The summed E-state index contributed by atoms with van der Waals surface area (Å²) in [6.07, 6.45) is 6.75. The van der Waals surface area contributed by atoms with E-state index >= 15 is 0 Å². The Morgan fingerprint density at radius 2 is 2.64 bits per heavy atom. The summed E-state index contributed by atoms with van der Waals surface area (Å²) >= 11 is 0. The Morgan fingerprint density at radius 1 is 1.71 bits per heavy atom. The second-order valence-electron chi connectivity index (χ2n) is 3.79. The molecule has 4 heteroatoms. The molecule has 0 saturated carbocycles. The van der Waals surface area contributed by atoms with Crippen LogP contribution in [0.15, 0.2) is 12.4 Å². The van der Waals surface area contributed by atoms with E-state index in [-0.39, 0.29) is 0 Å². The van der Waals surface area contributed by atoms with Crippen LogP contribution in [0, 0.1) is 0 Å². The largest absolute Gasteiger partial charge is 0.377 e. The van der Waals surface area contributed by atoms with Crippen molar-refractivity contribution in [2.45, 2.75) is 25.5 Å². The molecule has 1 saturated heterocycles. The number of hydrogen-bond acceptors (Lipinski definition) is 3. The van der Waals surface area contributed by atoms with Gasteiger partial charge < -0.3 is 10.1 Å². The molecule has 0 amide bonds. The van der Waals surface area contributed by atoms with E-state index in [1.807, 2.05) is 24.1 Å². The van der Waals surface area contributed by atoms with Gasteiger partial charge in [0.1, 0.15) is 0 Å². The van der Waals surface area contributed by atoms with Crippen LogP contribution in [0.5, 0.6) is 0 Å². The summed E-state index contributed by atoms with van der Waals surface area (Å²) in [6, 6.07) is 0. The molecule has 1 unspecified atom stereocenters. The molecule has 1 aromatic heterocycles. The molecule has 1 aliphatic heterocycles. The Labute approximate surface area is 84.3 Å². The van der Waals surface area contributed by atoms with E-state index in [9.17, 15) is 0 Å². The standard InChI is InChI=1S/C10H17N3O/c1-13-8-9(6-12-13)5-11-7-10-3-2-4-14-10/h6,8,10-11H,2-5,7H2,1H3. The molecular weight excluding hydrogens is 178 g/mol. The molecule has 78 valence electrons. The summed E-state index contributed by atoms with van der Waals surface area (Å²) in [6.45, 7) is 2.77. The first kappa shape index (κ1) is 9.68. The molecule has 2 rings (SSSR count). The second-order valence-corrected chi connectivity index (χ2v) is 3.79. The Morgan fingerprint density at radius 3 is 3.29 bits per heavy atom. The van der Waals surface area contributed by atoms with Gasteiger partial charge in [0.15, 0.2) is 0 Å². The zero-order valence-electron chi connectivity index (χ0n) is 8.57. The van der Waals surface area contributed by atoms with Crippen LogP contribution in [-0.4, -0.2) is 29.0 Å². The van der Waals surface area contributed by atoms with Crippen LogP contribution in [0.1, 0.15) is 18.4 Å². The predicted octanol–water partition coefficient (Wildman–Crippen LogP) is 0.689. The lowest BCUT2D eigenvalue weighted by molar-refractivity contribution is 0.110. The fraction of sp³-hybridized carbons (Fsp3) is 0.700. The molecule has 0 bridgehead atoms. The second kappa shape index (κ2) is 4.57. The van der Waals surface area contributed by atoms with Gasteiger partial charge in [-0.2, -0.15) is 5.10 Å². The van der Waals surface area contributed by atoms with Gasteiger partial charge in [-0.3, -0.25) is 4.68 Å². The van der Waals surface area contributed by atoms with E-state index in [0.717, 1.165) is 19.7 Å². The topological polar surface area (TPSA) is 39.1 Å². The number of ether oxygens (including phenoxy) is 1. The molecule has 4 nitrogen and oxygen atoms in total. The SMILES string of the molecule is Cn1cc(CNCC2CCCO2)cn1. The van der Waals surface area contributed by atoms with Gasteiger partial charge in [0.05, 0.1) is 12.3 Å². The molecule has 1 N–H and O–H groups in total. The minimum atomic E-state index is 0.423. The Kier molecular flexibility index (Phi) is 3.16. The van der Waals surface area contributed by atoms with Gasteiger partial charge >= 0.3 is 0 Å². The number of nitrogens with one attached hydrogen (secondary N) is 1. The fourth-order valence-corrected chi connectivity index (χ4v) is 1.75. The number of rotatable bonds is 4. The zero-order chi connectivity index (χ0) is 9.80. The van der Waals surface area contributed by atoms with E-state index in [2.05, 4.69) is 10.4 Å². The van der Waals surface area contributed by atoms with Gasteiger partial charge in [0.25, 0.3) is 0 Å². The highest BCUT2D eigenvalue weighted by Crippen LogP contribution is 2.10. The first-order valence-electron chi connectivity index (χ1n) is 5.14. The molecule has 14 heavy (non-hydrogen) atoms. The van der Waals surface area contributed by atoms with Crippen LogP contribution >= 0.6 is 0 Å². The lowest BCUT2D eigenvalue weighted by Crippen LogP contribution is -2.25. The third-order valence-electron chi connectivity index (χ3n) is 2.48. The smallest absolute Gasteiger partial charge is 0.0700 e. The van der Waals surface area contributed by atoms with Crippen LogP contribution in [0.2, 0.25) is 0 Å². The number of aromatic nitrogens is 2. The highest BCUT2D eigenvalue weighted by Gasteiger charge is 2.14. The van der Waals surface area contributed by atoms with Crippen LogP contribution in [0.3, 0.4) is 0 Å². The molecule has 1 fully saturated rings. The molecule has 0 aliphatic carbocycles. The minimum Gasteiger partial charge on any atom is -0.377 e. The average molecular weight is 195 g/mol. The minimum absolute atomic E-state index is 0.423. The van der Waals surface area contributed by atoms with Crippen molar-refractivity contribution in [3.8, 4) is 0 Å². The maximum atomic E-state index is 5.51. The van der Waals surface area contributed by atoms with Crippen molar-refractivity contribution in [2.24, 2.45) is 7.05 Å². The van der Waals surface area contributed by atoms with E-state index in [4.69, 9.17) is 4.74 Å². The summed E-state index contributed by atoms with van der Waals surface area (Å²) in [5.41, 5.74) is 1.23. The van der Waals surface area contributed by atoms with Crippen LogP contribution in [0.4, 0.5) is 0 Å². The molecule has 0 spiro atoms. The van der Waals surface area contributed by atoms with E-state index in [1.54, 1.807) is 0 Å². The van der Waals surface area contributed by atoms with Crippen molar-refractivity contribution in [1.82, 2.24) is 15.1 Å². The van der Waals surface area contributed by atoms with Gasteiger partial charge in [-0.25, -0.2) is 0 Å². The molecule has 2 heterocycles. The quantitative estimate of drug-likeness (QED) is 0.768. The maximum Gasteiger partial charge on any atom is 0.0700 e. The van der Waals surface area contributed by atoms with Gasteiger partial charge in [-0.1, -0.05) is 0 Å². The molecule has 0 radical (unpaired) electrons. The molecular formula is C10H17N3O. The summed E-state index contributed by atoms with van der Waals surface area (Å²) in [5.74, 6) is 0. The lowest BCUT2D eigenvalue weighted by Gasteiger charge is -2.09.